The molecule has 0 aromatic carbocycles. The SMILES string of the molecule is CC(C)C1CCC(NC(=O)c2cnn(I)c2)CN1. The van der Waals surface area contributed by atoms with E-state index in [2.05, 4.69) is 29.6 Å². The molecule has 1 aromatic rings. The minimum absolute atomic E-state index is 0.0345. The number of amides is 1. The Hall–Kier alpha value is -0.630. The number of rotatable bonds is 3. The van der Waals surface area contributed by atoms with Crippen LogP contribution in [0.2, 0.25) is 0 Å². The van der Waals surface area contributed by atoms with Crippen molar-refractivity contribution in [1.82, 2.24) is 18.6 Å². The lowest BCUT2D eigenvalue weighted by atomic mass is 9.93. The van der Waals surface area contributed by atoms with E-state index in [-0.39, 0.29) is 11.9 Å². The van der Waals surface area contributed by atoms with E-state index in [0.717, 1.165) is 19.4 Å². The van der Waals surface area contributed by atoms with Crippen molar-refractivity contribution in [2.45, 2.75) is 38.8 Å². The minimum Gasteiger partial charge on any atom is -0.348 e. The van der Waals surface area contributed by atoms with Crippen LogP contribution in [0, 0.1) is 5.92 Å². The molecular weight excluding hydrogens is 343 g/mol. The van der Waals surface area contributed by atoms with Gasteiger partial charge in [0.2, 0.25) is 0 Å². The Morgan fingerprint density at radius 3 is 2.89 bits per heavy atom. The van der Waals surface area contributed by atoms with Crippen molar-refractivity contribution in [2.75, 3.05) is 6.54 Å². The molecule has 0 bridgehead atoms. The van der Waals surface area contributed by atoms with E-state index >= 15 is 0 Å². The molecule has 2 rings (SSSR count). The predicted octanol–water partition coefficient (Wildman–Crippen LogP) is 1.59. The number of carbonyl (C=O) groups is 1. The lowest BCUT2D eigenvalue weighted by Crippen LogP contribution is -2.50. The molecule has 1 fully saturated rings. The number of piperidine rings is 1. The molecule has 0 radical (unpaired) electrons. The molecule has 0 saturated carbocycles. The van der Waals surface area contributed by atoms with Gasteiger partial charge in [0, 0.05) is 24.8 Å². The summed E-state index contributed by atoms with van der Waals surface area (Å²) in [6.45, 7) is 5.31. The van der Waals surface area contributed by atoms with E-state index in [1.165, 1.54) is 0 Å². The Morgan fingerprint density at radius 1 is 1.61 bits per heavy atom. The third-order valence-corrected chi connectivity index (χ3v) is 3.94. The van der Waals surface area contributed by atoms with Crippen LogP contribution in [0.5, 0.6) is 0 Å². The van der Waals surface area contributed by atoms with Crippen LogP contribution in [0.15, 0.2) is 12.4 Å². The Balaban J connectivity index is 1.83. The molecule has 1 amide bonds. The van der Waals surface area contributed by atoms with Crippen LogP contribution in [0.3, 0.4) is 0 Å². The van der Waals surface area contributed by atoms with Crippen molar-refractivity contribution in [1.29, 1.82) is 0 Å². The number of halogens is 1. The summed E-state index contributed by atoms with van der Waals surface area (Å²) in [7, 11) is 0. The molecule has 2 atom stereocenters. The predicted molar refractivity (Wildman–Crippen MR) is 78.8 cm³/mol. The largest absolute Gasteiger partial charge is 0.348 e. The average Bonchev–Trinajstić information content (AvgIpc) is 2.76. The fourth-order valence-electron chi connectivity index (χ4n) is 2.26. The first kappa shape index (κ1) is 13.8. The van der Waals surface area contributed by atoms with Gasteiger partial charge in [-0.2, -0.15) is 5.10 Å². The number of nitrogens with zero attached hydrogens (tertiary/aromatic N) is 2. The highest BCUT2D eigenvalue weighted by molar-refractivity contribution is 14.1. The molecule has 6 heteroatoms. The van der Waals surface area contributed by atoms with Crippen LogP contribution >= 0.6 is 22.9 Å². The zero-order valence-corrected chi connectivity index (χ0v) is 12.8. The summed E-state index contributed by atoms with van der Waals surface area (Å²) < 4.78 is 1.61. The van der Waals surface area contributed by atoms with E-state index < -0.39 is 0 Å². The highest BCUT2D eigenvalue weighted by atomic mass is 127. The van der Waals surface area contributed by atoms with E-state index in [1.54, 1.807) is 15.3 Å². The van der Waals surface area contributed by atoms with Crippen molar-refractivity contribution in [3.05, 3.63) is 18.0 Å². The van der Waals surface area contributed by atoms with Gasteiger partial charge < -0.3 is 10.6 Å². The second-order valence-electron chi connectivity index (χ2n) is 5.12. The van der Waals surface area contributed by atoms with Crippen molar-refractivity contribution in [3.63, 3.8) is 0 Å². The quantitative estimate of drug-likeness (QED) is 0.803. The van der Waals surface area contributed by atoms with Gasteiger partial charge in [0.1, 0.15) is 0 Å². The van der Waals surface area contributed by atoms with Gasteiger partial charge in [0.05, 0.1) is 34.6 Å². The van der Waals surface area contributed by atoms with E-state index in [0.29, 0.717) is 17.5 Å². The molecule has 0 spiro atoms. The first-order valence-electron chi connectivity index (χ1n) is 6.31. The molecule has 0 aliphatic carbocycles. The van der Waals surface area contributed by atoms with Crippen LogP contribution < -0.4 is 10.6 Å². The molecule has 5 nitrogen and oxygen atoms in total. The van der Waals surface area contributed by atoms with Gasteiger partial charge in [0.15, 0.2) is 0 Å². The van der Waals surface area contributed by atoms with Gasteiger partial charge in [-0.05, 0) is 18.8 Å². The zero-order valence-electron chi connectivity index (χ0n) is 10.7. The van der Waals surface area contributed by atoms with E-state index in [1.807, 2.05) is 22.9 Å². The fraction of sp³-hybridized carbons (Fsp3) is 0.667. The maximum absolute atomic E-state index is 11.9. The smallest absolute Gasteiger partial charge is 0.254 e. The summed E-state index contributed by atoms with van der Waals surface area (Å²) in [5.74, 6) is 0.617. The second kappa shape index (κ2) is 6.01. The van der Waals surface area contributed by atoms with Crippen LogP contribution in [-0.4, -0.2) is 32.5 Å². The molecule has 2 N–H and O–H groups in total. The summed E-state index contributed by atoms with van der Waals surface area (Å²) >= 11 is 2.03. The van der Waals surface area contributed by atoms with Gasteiger partial charge in [-0.3, -0.25) is 4.79 Å². The summed E-state index contributed by atoms with van der Waals surface area (Å²) in [6, 6.07) is 0.806. The zero-order chi connectivity index (χ0) is 13.1. The van der Waals surface area contributed by atoms with Gasteiger partial charge in [0.25, 0.3) is 5.91 Å². The Bertz CT molecular complexity index is 410. The second-order valence-corrected chi connectivity index (χ2v) is 6.11. The van der Waals surface area contributed by atoms with Crippen molar-refractivity contribution >= 4 is 28.8 Å². The lowest BCUT2D eigenvalue weighted by molar-refractivity contribution is 0.0925. The molecule has 2 heterocycles. The molecule has 18 heavy (non-hydrogen) atoms. The third kappa shape index (κ3) is 3.44. The summed E-state index contributed by atoms with van der Waals surface area (Å²) in [4.78, 5) is 11.9. The number of hydrogen-bond donors (Lipinski definition) is 2. The summed E-state index contributed by atoms with van der Waals surface area (Å²) in [5, 5.41) is 10.5. The van der Waals surface area contributed by atoms with Crippen molar-refractivity contribution < 1.29 is 4.79 Å². The third-order valence-electron chi connectivity index (χ3n) is 3.41. The first-order valence-corrected chi connectivity index (χ1v) is 7.28. The van der Waals surface area contributed by atoms with Gasteiger partial charge >= 0.3 is 0 Å². The summed E-state index contributed by atoms with van der Waals surface area (Å²) in [6.07, 6.45) is 5.48. The molecule has 1 aromatic heterocycles. The van der Waals surface area contributed by atoms with Crippen LogP contribution in [0.4, 0.5) is 0 Å². The summed E-state index contributed by atoms with van der Waals surface area (Å²) in [5.41, 5.74) is 0.621. The molecule has 2 unspecified atom stereocenters. The molecular formula is C12H19IN4O. The van der Waals surface area contributed by atoms with Crippen LogP contribution in [0.1, 0.15) is 37.0 Å². The number of aromatic nitrogens is 2. The lowest BCUT2D eigenvalue weighted by Gasteiger charge is -2.32. The first-order chi connectivity index (χ1) is 8.56. The van der Waals surface area contributed by atoms with Gasteiger partial charge in [-0.1, -0.05) is 13.8 Å². The van der Waals surface area contributed by atoms with E-state index in [4.69, 9.17) is 0 Å². The molecule has 100 valence electrons. The monoisotopic (exact) mass is 362 g/mol. The van der Waals surface area contributed by atoms with E-state index in [9.17, 15) is 4.79 Å². The topological polar surface area (TPSA) is 59.0 Å². The Labute approximate surface area is 121 Å². The van der Waals surface area contributed by atoms with Crippen molar-refractivity contribution in [2.24, 2.45) is 5.92 Å². The maximum atomic E-state index is 11.9. The molecule has 1 saturated heterocycles. The normalized spacial score (nSPS) is 24.2. The number of carbonyl (C=O) groups excluding carboxylic acids is 1. The number of hydrogen-bond acceptors (Lipinski definition) is 3. The fourth-order valence-corrected chi connectivity index (χ4v) is 2.68. The molecule has 1 aliphatic rings. The Kier molecular flexibility index (Phi) is 4.60. The molecule has 1 aliphatic heterocycles. The average molecular weight is 362 g/mol. The van der Waals surface area contributed by atoms with Crippen LogP contribution in [-0.2, 0) is 0 Å². The minimum atomic E-state index is -0.0345. The number of nitrogens with one attached hydrogen (secondary N) is 2. The van der Waals surface area contributed by atoms with Crippen molar-refractivity contribution in [3.8, 4) is 0 Å². The van der Waals surface area contributed by atoms with Gasteiger partial charge in [-0.15, -0.1) is 0 Å². The van der Waals surface area contributed by atoms with Crippen LogP contribution in [0.25, 0.3) is 0 Å². The van der Waals surface area contributed by atoms with Gasteiger partial charge in [-0.25, -0.2) is 2.90 Å². The Morgan fingerprint density at radius 2 is 2.39 bits per heavy atom. The highest BCUT2D eigenvalue weighted by Crippen LogP contribution is 2.15. The standard InChI is InChI=1S/C12H19IN4O/c1-8(2)11-4-3-10(6-14-11)16-12(18)9-5-15-17(13)7-9/h5,7-8,10-11,14H,3-4,6H2,1-2H3,(H,16,18). The highest BCUT2D eigenvalue weighted by Gasteiger charge is 2.24. The maximum Gasteiger partial charge on any atom is 0.254 e.